The van der Waals surface area contributed by atoms with Crippen molar-refractivity contribution in [2.45, 2.75) is 50.7 Å². The molecule has 1 aliphatic carbocycles. The average Bonchev–Trinajstić information content (AvgIpc) is 3.12. The van der Waals surface area contributed by atoms with Crippen molar-refractivity contribution in [1.29, 1.82) is 0 Å². The number of nitrogens with zero attached hydrogens (tertiary/aromatic N) is 1. The van der Waals surface area contributed by atoms with E-state index in [4.69, 9.17) is 0 Å². The third-order valence-corrected chi connectivity index (χ3v) is 7.34. The molecule has 3 rings (SSSR count). The first-order valence-corrected chi connectivity index (χ1v) is 10.7. The van der Waals surface area contributed by atoms with Crippen LogP contribution in [0.3, 0.4) is 0 Å². The second-order valence-electron chi connectivity index (χ2n) is 8.90. The fraction of sp³-hybridized carbons (Fsp3) is 0.684. The normalized spacial score (nSPS) is 27.1. The van der Waals surface area contributed by atoms with Crippen LogP contribution in [0.4, 0.5) is 13.2 Å². The molecule has 4 nitrogen and oxygen atoms in total. The molecule has 27 heavy (non-hydrogen) atoms. The van der Waals surface area contributed by atoms with Crippen molar-refractivity contribution in [3.63, 3.8) is 0 Å². The van der Waals surface area contributed by atoms with Gasteiger partial charge in [0.1, 0.15) is 0 Å². The Hall–Kier alpha value is -1.12. The molecule has 1 aromatic carbocycles. The van der Waals surface area contributed by atoms with Crippen LogP contribution >= 0.6 is 0 Å². The number of fused-ring (bicyclic) bond motifs is 1. The van der Waals surface area contributed by atoms with Crippen LogP contribution in [0.2, 0.25) is 0 Å². The van der Waals surface area contributed by atoms with Crippen LogP contribution in [-0.2, 0) is 16.2 Å². The fourth-order valence-corrected chi connectivity index (χ4v) is 5.67. The molecule has 1 aromatic rings. The van der Waals surface area contributed by atoms with Crippen LogP contribution in [0.25, 0.3) is 0 Å². The molecular weight excluding hydrogens is 377 g/mol. The minimum Gasteiger partial charge on any atom is -0.313 e. The van der Waals surface area contributed by atoms with Crippen molar-refractivity contribution in [1.82, 2.24) is 9.62 Å². The Kier molecular flexibility index (Phi) is 5.38. The van der Waals surface area contributed by atoms with E-state index in [9.17, 15) is 21.6 Å². The van der Waals surface area contributed by atoms with Gasteiger partial charge in [-0.25, -0.2) is 8.42 Å². The predicted octanol–water partition coefficient (Wildman–Crippen LogP) is 3.74. The Morgan fingerprint density at radius 1 is 1.15 bits per heavy atom. The van der Waals surface area contributed by atoms with Crippen LogP contribution in [-0.4, -0.2) is 38.4 Å². The number of sulfonamides is 1. The summed E-state index contributed by atoms with van der Waals surface area (Å²) in [6.45, 7) is 8.03. The minimum absolute atomic E-state index is 0.139. The maximum Gasteiger partial charge on any atom is 0.416 e. The van der Waals surface area contributed by atoms with Crippen molar-refractivity contribution < 1.29 is 21.6 Å². The largest absolute Gasteiger partial charge is 0.416 e. The summed E-state index contributed by atoms with van der Waals surface area (Å²) < 4.78 is 66.0. The highest BCUT2D eigenvalue weighted by atomic mass is 32.2. The van der Waals surface area contributed by atoms with Crippen LogP contribution < -0.4 is 5.32 Å². The molecule has 3 atom stereocenters. The van der Waals surface area contributed by atoms with E-state index in [2.05, 4.69) is 26.1 Å². The number of hydrogen-bond donors (Lipinski definition) is 1. The van der Waals surface area contributed by atoms with Crippen molar-refractivity contribution >= 4 is 10.0 Å². The molecule has 152 valence electrons. The van der Waals surface area contributed by atoms with Gasteiger partial charge in [-0.05, 0) is 48.3 Å². The van der Waals surface area contributed by atoms with Crippen LogP contribution in [0, 0.1) is 17.3 Å². The molecule has 0 radical (unpaired) electrons. The van der Waals surface area contributed by atoms with Crippen molar-refractivity contribution in [3.8, 4) is 0 Å². The van der Waals surface area contributed by atoms with E-state index < -0.39 is 21.8 Å². The van der Waals surface area contributed by atoms with Gasteiger partial charge in [0.25, 0.3) is 0 Å². The van der Waals surface area contributed by atoms with Gasteiger partial charge in [-0.1, -0.05) is 26.8 Å². The van der Waals surface area contributed by atoms with Crippen molar-refractivity contribution in [2.24, 2.45) is 17.3 Å². The zero-order chi connectivity index (χ0) is 20.0. The summed E-state index contributed by atoms with van der Waals surface area (Å²) in [6, 6.07) is 4.29. The van der Waals surface area contributed by atoms with Gasteiger partial charge in [-0.2, -0.15) is 17.5 Å². The lowest BCUT2D eigenvalue weighted by Gasteiger charge is -2.26. The van der Waals surface area contributed by atoms with Crippen molar-refractivity contribution in [3.05, 3.63) is 29.8 Å². The highest BCUT2D eigenvalue weighted by Gasteiger charge is 2.46. The Balaban J connectivity index is 1.75. The number of hydrogen-bond acceptors (Lipinski definition) is 3. The molecule has 1 saturated heterocycles. The Morgan fingerprint density at radius 3 is 2.48 bits per heavy atom. The van der Waals surface area contributed by atoms with Gasteiger partial charge in [0.05, 0.1) is 10.5 Å². The smallest absolute Gasteiger partial charge is 0.313 e. The second kappa shape index (κ2) is 7.04. The zero-order valence-corrected chi connectivity index (χ0v) is 16.7. The van der Waals surface area contributed by atoms with E-state index in [-0.39, 0.29) is 28.2 Å². The summed E-state index contributed by atoms with van der Waals surface area (Å²) in [5, 5.41) is 3.56. The molecule has 2 aliphatic rings. The van der Waals surface area contributed by atoms with E-state index in [1.807, 2.05) is 0 Å². The number of nitrogens with one attached hydrogen (secondary N) is 1. The Morgan fingerprint density at radius 2 is 1.85 bits per heavy atom. The molecule has 0 amide bonds. The zero-order valence-electron chi connectivity index (χ0n) is 15.9. The molecule has 8 heteroatoms. The maximum atomic E-state index is 12.9. The summed E-state index contributed by atoms with van der Waals surface area (Å²) in [5.74, 6) is 0.482. The third kappa shape index (κ3) is 4.49. The van der Waals surface area contributed by atoms with E-state index >= 15 is 0 Å². The van der Waals surface area contributed by atoms with Gasteiger partial charge in [-0.3, -0.25) is 0 Å². The molecule has 1 aliphatic heterocycles. The number of benzene rings is 1. The molecule has 1 heterocycles. The first kappa shape index (κ1) is 20.6. The van der Waals surface area contributed by atoms with Gasteiger partial charge < -0.3 is 5.32 Å². The first-order valence-electron chi connectivity index (χ1n) is 9.29. The minimum atomic E-state index is -4.56. The lowest BCUT2D eigenvalue weighted by Crippen LogP contribution is -2.40. The van der Waals surface area contributed by atoms with Gasteiger partial charge >= 0.3 is 6.18 Å². The van der Waals surface area contributed by atoms with Gasteiger partial charge in [0.2, 0.25) is 10.0 Å². The van der Waals surface area contributed by atoms with E-state index in [0.717, 1.165) is 37.6 Å². The monoisotopic (exact) mass is 404 g/mol. The standard InChI is InChI=1S/C19H27F3N2O2S/c1-18(2,3)12-23-17-8-7-13-10-24(11-16(13)17)27(25,26)15-6-4-5-14(9-15)19(20,21)22/h4-6,9,13,16-17,23H,7-8,10-12H2,1-3H3/t13-,16?,17?/m0/s1. The molecular formula is C19H27F3N2O2S. The average molecular weight is 404 g/mol. The summed E-state index contributed by atoms with van der Waals surface area (Å²) in [6.07, 6.45) is -2.60. The fourth-order valence-electron chi connectivity index (χ4n) is 4.09. The Bertz CT molecular complexity index is 787. The van der Waals surface area contributed by atoms with E-state index in [0.29, 0.717) is 13.1 Å². The molecule has 0 bridgehead atoms. The quantitative estimate of drug-likeness (QED) is 0.832. The van der Waals surface area contributed by atoms with Crippen LogP contribution in [0.5, 0.6) is 0 Å². The van der Waals surface area contributed by atoms with E-state index in [1.165, 1.54) is 10.4 Å². The summed E-state index contributed by atoms with van der Waals surface area (Å²) in [4.78, 5) is -0.281. The van der Waals surface area contributed by atoms with Crippen molar-refractivity contribution in [2.75, 3.05) is 19.6 Å². The predicted molar refractivity (Wildman–Crippen MR) is 97.7 cm³/mol. The van der Waals surface area contributed by atoms with E-state index in [1.54, 1.807) is 0 Å². The summed E-state index contributed by atoms with van der Waals surface area (Å²) in [5.41, 5.74) is -0.798. The summed E-state index contributed by atoms with van der Waals surface area (Å²) >= 11 is 0. The van der Waals surface area contributed by atoms with Crippen LogP contribution in [0.1, 0.15) is 39.2 Å². The molecule has 1 saturated carbocycles. The third-order valence-electron chi connectivity index (χ3n) is 5.52. The highest BCUT2D eigenvalue weighted by Crippen LogP contribution is 2.41. The SMILES string of the molecule is CC(C)(C)CNC1CC[C@H]2CN(S(=O)(=O)c3cccc(C(F)(F)F)c3)CC12. The first-order chi connectivity index (χ1) is 12.4. The lowest BCUT2D eigenvalue weighted by molar-refractivity contribution is -0.137. The molecule has 1 N–H and O–H groups in total. The van der Waals surface area contributed by atoms with Gasteiger partial charge in [0.15, 0.2) is 0 Å². The molecule has 2 fully saturated rings. The molecule has 0 spiro atoms. The number of alkyl halides is 3. The van der Waals surface area contributed by atoms with Gasteiger partial charge in [0, 0.05) is 25.7 Å². The molecule has 2 unspecified atom stereocenters. The highest BCUT2D eigenvalue weighted by molar-refractivity contribution is 7.89. The molecule has 0 aromatic heterocycles. The number of halogens is 3. The topological polar surface area (TPSA) is 49.4 Å². The summed E-state index contributed by atoms with van der Waals surface area (Å²) in [7, 11) is -3.92. The second-order valence-corrected chi connectivity index (χ2v) is 10.8. The lowest BCUT2D eigenvalue weighted by atomic mass is 9.94. The number of rotatable bonds is 4. The Labute approximate surface area is 159 Å². The maximum absolute atomic E-state index is 12.9. The van der Waals surface area contributed by atoms with Crippen LogP contribution in [0.15, 0.2) is 29.2 Å². The van der Waals surface area contributed by atoms with Gasteiger partial charge in [-0.15, -0.1) is 0 Å².